The predicted molar refractivity (Wildman–Crippen MR) is 146 cm³/mol. The monoisotopic (exact) mass is 544 g/mol. The Morgan fingerprint density at radius 1 is 1.26 bits per heavy atom. The number of fused-ring (bicyclic) bond motifs is 1. The number of alkyl halides is 1. The van der Waals surface area contributed by atoms with Crippen LogP contribution in [0.25, 0.3) is 5.57 Å². The summed E-state index contributed by atoms with van der Waals surface area (Å²) in [6.45, 7) is 6.98. The van der Waals surface area contributed by atoms with Gasteiger partial charge in [-0.15, -0.1) is 0 Å². The fourth-order valence-electron chi connectivity index (χ4n) is 4.90. The quantitative estimate of drug-likeness (QED) is 0.333. The van der Waals surface area contributed by atoms with Crippen molar-refractivity contribution < 1.29 is 23.8 Å². The molecule has 38 heavy (non-hydrogen) atoms. The second-order valence-electron chi connectivity index (χ2n) is 10.2. The van der Waals surface area contributed by atoms with Crippen LogP contribution in [-0.4, -0.2) is 59.8 Å². The molecule has 3 unspecified atom stereocenters. The van der Waals surface area contributed by atoms with E-state index < -0.39 is 24.1 Å². The molecule has 3 N–H and O–H groups in total. The molecule has 1 aliphatic carbocycles. The zero-order valence-corrected chi connectivity index (χ0v) is 22.6. The van der Waals surface area contributed by atoms with Crippen molar-refractivity contribution in [3.05, 3.63) is 52.7 Å². The van der Waals surface area contributed by atoms with Crippen molar-refractivity contribution in [3.8, 4) is 5.75 Å². The van der Waals surface area contributed by atoms with Crippen LogP contribution in [0.15, 0.2) is 47.2 Å². The summed E-state index contributed by atoms with van der Waals surface area (Å²) >= 11 is 6.03. The number of rotatable bonds is 5. The number of amides is 2. The molecular formula is C28H34ClFN4O4. The molecule has 0 saturated carbocycles. The first-order chi connectivity index (χ1) is 18.0. The van der Waals surface area contributed by atoms with Crippen LogP contribution >= 0.6 is 11.6 Å². The fourth-order valence-corrected chi connectivity index (χ4v) is 5.07. The zero-order valence-electron chi connectivity index (χ0n) is 21.8. The molecule has 1 fully saturated rings. The van der Waals surface area contributed by atoms with Gasteiger partial charge >= 0.3 is 12.0 Å². The van der Waals surface area contributed by atoms with Gasteiger partial charge in [0.15, 0.2) is 0 Å². The van der Waals surface area contributed by atoms with Crippen LogP contribution in [0.3, 0.4) is 0 Å². The highest BCUT2D eigenvalue weighted by molar-refractivity contribution is 6.30. The van der Waals surface area contributed by atoms with E-state index >= 15 is 0 Å². The summed E-state index contributed by atoms with van der Waals surface area (Å²) in [5, 5.41) is 20.7. The van der Waals surface area contributed by atoms with Gasteiger partial charge in [-0.1, -0.05) is 30.7 Å². The van der Waals surface area contributed by atoms with Crippen LogP contribution in [0.1, 0.15) is 45.6 Å². The molecule has 0 radical (unpaired) electrons. The Balaban J connectivity index is 1.43. The molecule has 3 atom stereocenters. The number of hydrogen-bond acceptors (Lipinski definition) is 4. The maximum absolute atomic E-state index is 14.7. The molecule has 1 aromatic rings. The average molecular weight is 545 g/mol. The summed E-state index contributed by atoms with van der Waals surface area (Å²) in [7, 11) is 0. The highest BCUT2D eigenvalue weighted by Gasteiger charge is 2.32. The topological polar surface area (TPSA) is 106 Å². The van der Waals surface area contributed by atoms with E-state index in [4.69, 9.17) is 21.7 Å². The number of hydrogen-bond donors (Lipinski definition) is 3. The van der Waals surface area contributed by atoms with Crippen LogP contribution in [0, 0.1) is 17.2 Å². The molecule has 2 heterocycles. The minimum atomic E-state index is -1.40. The first kappa shape index (κ1) is 27.7. The molecule has 1 aromatic carbocycles. The summed E-state index contributed by atoms with van der Waals surface area (Å²) in [5.74, 6) is -0.592. The number of carboxylic acids is 1. The number of nitrogens with zero attached hydrogens (tertiary/aromatic N) is 2. The number of allylic oxidation sites excluding steroid dienone is 5. The Morgan fingerprint density at radius 2 is 1.97 bits per heavy atom. The molecular weight excluding hydrogens is 511 g/mol. The third-order valence-electron chi connectivity index (χ3n) is 7.39. The minimum Gasteiger partial charge on any atom is -0.487 e. The molecule has 0 bridgehead atoms. The predicted octanol–water partition coefficient (Wildman–Crippen LogP) is 5.55. The molecule has 204 valence electrons. The van der Waals surface area contributed by atoms with E-state index in [0.717, 1.165) is 11.1 Å². The number of amidine groups is 1. The Morgan fingerprint density at radius 3 is 2.66 bits per heavy atom. The number of carbonyl (C=O) groups is 2. The van der Waals surface area contributed by atoms with Gasteiger partial charge in [0.1, 0.15) is 18.0 Å². The van der Waals surface area contributed by atoms with Crippen LogP contribution in [0.2, 0.25) is 0 Å². The number of benzene rings is 1. The van der Waals surface area contributed by atoms with Crippen molar-refractivity contribution in [1.29, 1.82) is 5.41 Å². The number of carboxylic acid groups (broad SMARTS) is 1. The van der Waals surface area contributed by atoms with Gasteiger partial charge in [-0.3, -0.25) is 15.1 Å². The fraction of sp³-hybridized carbons (Fsp3) is 0.464. The number of urea groups is 1. The number of carbonyl (C=O) groups excluding carboxylic acids is 1. The van der Waals surface area contributed by atoms with Gasteiger partial charge < -0.3 is 20.1 Å². The maximum atomic E-state index is 14.7. The number of piperidine rings is 1. The van der Waals surface area contributed by atoms with Crippen LogP contribution in [0.4, 0.5) is 14.9 Å². The molecule has 4 rings (SSSR count). The van der Waals surface area contributed by atoms with E-state index in [1.54, 1.807) is 17.9 Å². The maximum Gasteiger partial charge on any atom is 0.326 e. The number of ether oxygens (including phenoxy) is 1. The number of anilines is 1. The van der Waals surface area contributed by atoms with Crippen molar-refractivity contribution in [2.45, 2.75) is 52.3 Å². The van der Waals surface area contributed by atoms with Gasteiger partial charge in [-0.05, 0) is 62.1 Å². The van der Waals surface area contributed by atoms with E-state index in [0.29, 0.717) is 61.2 Å². The second-order valence-corrected chi connectivity index (χ2v) is 10.6. The average Bonchev–Trinajstić information content (AvgIpc) is 2.90. The standard InChI is InChI=1S/C28H34ClFN4O4/c1-16(4-9-25(31)33-12-10-19(11-13-33)27(35)36)20-5-8-23-24(14-20)38-17(2)15-34(23)28(37)32-22-7-6-21(29)18(3)26(22)30/h4-8,14,17-19,26,31H,9-13,15H2,1-3H3,(H,32,37)(H,35,36)/b16-4+,31-25?. The van der Waals surface area contributed by atoms with Crippen molar-refractivity contribution in [3.63, 3.8) is 0 Å². The molecule has 0 aromatic heterocycles. The third-order valence-corrected chi connectivity index (χ3v) is 7.86. The van der Waals surface area contributed by atoms with Crippen molar-refractivity contribution in [1.82, 2.24) is 10.2 Å². The third kappa shape index (κ3) is 6.04. The first-order valence-corrected chi connectivity index (χ1v) is 13.3. The molecule has 1 saturated heterocycles. The molecule has 8 nitrogen and oxygen atoms in total. The van der Waals surface area contributed by atoms with E-state index in [9.17, 15) is 19.1 Å². The van der Waals surface area contributed by atoms with Gasteiger partial charge in [0.25, 0.3) is 0 Å². The molecule has 2 amide bonds. The van der Waals surface area contributed by atoms with Crippen LogP contribution in [0.5, 0.6) is 5.75 Å². The van der Waals surface area contributed by atoms with E-state index in [2.05, 4.69) is 5.32 Å². The lowest BCUT2D eigenvalue weighted by Gasteiger charge is -2.34. The molecule has 3 aliphatic rings. The van der Waals surface area contributed by atoms with Crippen LogP contribution in [-0.2, 0) is 4.79 Å². The number of aliphatic carboxylic acids is 1. The lowest BCUT2D eigenvalue weighted by Crippen LogP contribution is -2.48. The zero-order chi connectivity index (χ0) is 27.6. The second kappa shape index (κ2) is 11.6. The van der Waals surface area contributed by atoms with E-state index in [1.807, 2.05) is 43.0 Å². The van der Waals surface area contributed by atoms with Gasteiger partial charge in [0, 0.05) is 30.5 Å². The summed E-state index contributed by atoms with van der Waals surface area (Å²) in [5.41, 5.74) is 2.64. The first-order valence-electron chi connectivity index (χ1n) is 12.9. The van der Waals surface area contributed by atoms with E-state index in [1.165, 1.54) is 6.08 Å². The summed E-state index contributed by atoms with van der Waals surface area (Å²) in [6, 6.07) is 5.15. The molecule has 10 heteroatoms. The largest absolute Gasteiger partial charge is 0.487 e. The smallest absolute Gasteiger partial charge is 0.326 e. The Labute approximate surface area is 227 Å². The normalized spacial score (nSPS) is 24.1. The highest BCUT2D eigenvalue weighted by Crippen LogP contribution is 2.37. The van der Waals surface area contributed by atoms with Crippen molar-refractivity contribution in [2.24, 2.45) is 11.8 Å². The summed E-state index contributed by atoms with van der Waals surface area (Å²) in [6.07, 6.45) is 4.96. The van der Waals surface area contributed by atoms with Crippen molar-refractivity contribution >= 4 is 40.7 Å². The molecule has 2 aliphatic heterocycles. The SMILES string of the molecule is C/C(=C\CC(=N)N1CCC(C(=O)O)CC1)c1ccc2c(c1)OC(C)CN2C(=O)NC1=CC=C(Cl)C(C)C1F. The van der Waals surface area contributed by atoms with Gasteiger partial charge in [0.05, 0.1) is 29.7 Å². The Kier molecular flexibility index (Phi) is 8.45. The number of likely N-dealkylation sites (tertiary alicyclic amines) is 1. The van der Waals surface area contributed by atoms with Gasteiger partial charge in [-0.25, -0.2) is 9.18 Å². The Hall–Kier alpha value is -3.33. The Bertz CT molecular complexity index is 1210. The lowest BCUT2D eigenvalue weighted by molar-refractivity contribution is -0.143. The van der Waals surface area contributed by atoms with Crippen LogP contribution < -0.4 is 15.0 Å². The highest BCUT2D eigenvalue weighted by atomic mass is 35.5. The summed E-state index contributed by atoms with van der Waals surface area (Å²) in [4.78, 5) is 27.8. The number of halogens is 2. The minimum absolute atomic E-state index is 0.178. The van der Waals surface area contributed by atoms with Gasteiger partial charge in [0.2, 0.25) is 0 Å². The van der Waals surface area contributed by atoms with Crippen molar-refractivity contribution in [2.75, 3.05) is 24.5 Å². The molecule has 0 spiro atoms. The number of nitrogens with one attached hydrogen (secondary N) is 2. The summed E-state index contributed by atoms with van der Waals surface area (Å²) < 4.78 is 20.8. The van der Waals surface area contributed by atoms with Gasteiger partial charge in [-0.2, -0.15) is 0 Å². The lowest BCUT2D eigenvalue weighted by atomic mass is 9.96. The van der Waals surface area contributed by atoms with E-state index in [-0.39, 0.29) is 17.7 Å².